The minimum atomic E-state index is -1.69. The summed E-state index contributed by atoms with van der Waals surface area (Å²) in [6.07, 6.45) is 9.97. The van der Waals surface area contributed by atoms with E-state index in [-0.39, 0.29) is 11.5 Å². The highest BCUT2D eigenvalue weighted by atomic mass is 28.4. The first kappa shape index (κ1) is 23.2. The Morgan fingerprint density at radius 2 is 1.57 bits per heavy atom. The molecule has 0 aromatic carbocycles. The van der Waals surface area contributed by atoms with Crippen LogP contribution in [0.2, 0.25) is 39.3 Å². The SMILES string of the molecule is C[C@]12CCC(O[Si](C)(C)C)CC1CC[C@@H]1[C@@H]2C(O[Si](C)(C)C)C[C@]2(C)C(=O)CC[C@@H]12. The Bertz CT molecular complexity index is 681. The molecule has 4 aliphatic carbocycles. The maximum atomic E-state index is 13.0. The van der Waals surface area contributed by atoms with Crippen LogP contribution in [0.3, 0.4) is 0 Å². The molecule has 4 rings (SSSR count). The van der Waals surface area contributed by atoms with Gasteiger partial charge in [0.1, 0.15) is 5.78 Å². The van der Waals surface area contributed by atoms with Crippen LogP contribution in [-0.4, -0.2) is 34.6 Å². The van der Waals surface area contributed by atoms with Gasteiger partial charge in [-0.15, -0.1) is 0 Å². The Balaban J connectivity index is 1.64. The lowest BCUT2D eigenvalue weighted by Gasteiger charge is -2.63. The van der Waals surface area contributed by atoms with Gasteiger partial charge in [0.25, 0.3) is 0 Å². The highest BCUT2D eigenvalue weighted by Gasteiger charge is 2.64. The fourth-order valence-corrected chi connectivity index (χ4v) is 10.6. The Labute approximate surface area is 187 Å². The van der Waals surface area contributed by atoms with Gasteiger partial charge in [0.15, 0.2) is 16.6 Å². The third-order valence-electron chi connectivity index (χ3n) is 9.26. The molecule has 0 aromatic heterocycles. The van der Waals surface area contributed by atoms with Crippen molar-refractivity contribution in [1.82, 2.24) is 0 Å². The Morgan fingerprint density at radius 1 is 0.900 bits per heavy atom. The summed E-state index contributed by atoms with van der Waals surface area (Å²) in [5.41, 5.74) is 0.215. The molecule has 0 spiro atoms. The van der Waals surface area contributed by atoms with Crippen molar-refractivity contribution >= 4 is 22.4 Å². The van der Waals surface area contributed by atoms with E-state index in [1.54, 1.807) is 0 Å². The van der Waals surface area contributed by atoms with E-state index in [1.165, 1.54) is 32.1 Å². The zero-order chi connectivity index (χ0) is 22.1. The predicted molar refractivity (Wildman–Crippen MR) is 129 cm³/mol. The van der Waals surface area contributed by atoms with Crippen LogP contribution in [0.5, 0.6) is 0 Å². The molecule has 0 amide bonds. The quantitative estimate of drug-likeness (QED) is 0.450. The van der Waals surface area contributed by atoms with Gasteiger partial charge in [-0.25, -0.2) is 0 Å². The second-order valence-corrected chi connectivity index (χ2v) is 22.5. The standard InChI is InChI=1S/C25H46O3Si2/c1-24-14-13-18(27-29(3,4)5)15-17(24)9-10-19-20-11-12-22(26)25(20,2)16-21(23(19)24)28-30(6,7)8/h17-21,23H,9-16H2,1-8H3/t17?,18?,19-,20-,21?,23+,24-,25-/m0/s1. The van der Waals surface area contributed by atoms with Crippen LogP contribution in [0.25, 0.3) is 0 Å². The highest BCUT2D eigenvalue weighted by Crippen LogP contribution is 2.66. The Kier molecular flexibility index (Phi) is 5.82. The first-order valence-electron chi connectivity index (χ1n) is 12.6. The molecule has 0 heterocycles. The molecule has 0 bridgehead atoms. The van der Waals surface area contributed by atoms with Crippen LogP contribution in [0, 0.1) is 34.5 Å². The Morgan fingerprint density at radius 3 is 2.20 bits per heavy atom. The van der Waals surface area contributed by atoms with Crippen LogP contribution < -0.4 is 0 Å². The largest absolute Gasteiger partial charge is 0.415 e. The van der Waals surface area contributed by atoms with E-state index >= 15 is 0 Å². The molecule has 0 N–H and O–H groups in total. The van der Waals surface area contributed by atoms with E-state index in [9.17, 15) is 4.79 Å². The molecule has 0 aliphatic heterocycles. The summed E-state index contributed by atoms with van der Waals surface area (Å²) in [4.78, 5) is 13.0. The molecule has 3 nitrogen and oxygen atoms in total. The normalized spacial score (nSPS) is 46.9. The molecular weight excluding hydrogens is 404 g/mol. The number of fused-ring (bicyclic) bond motifs is 5. The summed E-state index contributed by atoms with van der Waals surface area (Å²) < 4.78 is 13.5. The Hall–Kier alpha value is 0.0238. The third-order valence-corrected chi connectivity index (χ3v) is 11.3. The van der Waals surface area contributed by atoms with Gasteiger partial charge in [0, 0.05) is 24.0 Å². The predicted octanol–water partition coefficient (Wildman–Crippen LogP) is 6.65. The summed E-state index contributed by atoms with van der Waals surface area (Å²) >= 11 is 0. The summed E-state index contributed by atoms with van der Waals surface area (Å²) in [5, 5.41) is 0. The van der Waals surface area contributed by atoms with Crippen LogP contribution in [0.15, 0.2) is 0 Å². The molecule has 0 aromatic rings. The second-order valence-electron chi connectivity index (χ2n) is 13.6. The number of Topliss-reactive ketones (excluding diaryl/α,β-unsaturated/α-hetero) is 1. The van der Waals surface area contributed by atoms with Crippen molar-refractivity contribution in [3.8, 4) is 0 Å². The van der Waals surface area contributed by atoms with E-state index in [1.807, 2.05) is 0 Å². The lowest BCUT2D eigenvalue weighted by atomic mass is 9.44. The summed E-state index contributed by atoms with van der Waals surface area (Å²) in [6, 6.07) is 0. The van der Waals surface area contributed by atoms with E-state index in [4.69, 9.17) is 8.85 Å². The molecule has 3 unspecified atom stereocenters. The van der Waals surface area contributed by atoms with E-state index < -0.39 is 16.6 Å². The average Bonchev–Trinajstić information content (AvgIpc) is 2.87. The molecule has 0 radical (unpaired) electrons. The zero-order valence-electron chi connectivity index (χ0n) is 20.8. The van der Waals surface area contributed by atoms with Gasteiger partial charge in [-0.3, -0.25) is 4.79 Å². The molecule has 172 valence electrons. The van der Waals surface area contributed by atoms with Crippen LogP contribution in [0.1, 0.15) is 65.2 Å². The fourth-order valence-electron chi connectivity index (χ4n) is 8.25. The molecule has 4 fully saturated rings. The number of hydrogen-bond acceptors (Lipinski definition) is 3. The van der Waals surface area contributed by atoms with Crippen LogP contribution >= 0.6 is 0 Å². The van der Waals surface area contributed by atoms with Crippen molar-refractivity contribution in [3.63, 3.8) is 0 Å². The molecular formula is C25H46O3Si2. The first-order valence-corrected chi connectivity index (χ1v) is 19.4. The maximum Gasteiger partial charge on any atom is 0.184 e. The van der Waals surface area contributed by atoms with Crippen molar-refractivity contribution in [1.29, 1.82) is 0 Å². The second kappa shape index (κ2) is 7.53. The first-order chi connectivity index (χ1) is 13.7. The summed E-state index contributed by atoms with van der Waals surface area (Å²) in [7, 11) is -3.18. The number of carbonyl (C=O) groups is 1. The lowest BCUT2D eigenvalue weighted by molar-refractivity contribution is -0.170. The highest BCUT2D eigenvalue weighted by molar-refractivity contribution is 6.70. The summed E-state index contributed by atoms with van der Waals surface area (Å²) in [5.74, 6) is 3.16. The lowest BCUT2D eigenvalue weighted by Crippen LogP contribution is -2.61. The number of rotatable bonds is 4. The molecule has 4 saturated carbocycles. The fraction of sp³-hybridized carbons (Fsp3) is 0.960. The van der Waals surface area contributed by atoms with Crippen molar-refractivity contribution < 1.29 is 13.6 Å². The van der Waals surface area contributed by atoms with Crippen molar-refractivity contribution in [2.75, 3.05) is 0 Å². The minimum Gasteiger partial charge on any atom is -0.415 e. The van der Waals surface area contributed by atoms with Crippen molar-refractivity contribution in [2.24, 2.45) is 34.5 Å². The van der Waals surface area contributed by atoms with E-state index in [0.29, 0.717) is 35.1 Å². The monoisotopic (exact) mass is 450 g/mol. The minimum absolute atomic E-state index is 0.132. The number of hydrogen-bond donors (Lipinski definition) is 0. The molecule has 4 aliphatic rings. The number of ketones is 1. The zero-order valence-corrected chi connectivity index (χ0v) is 22.8. The molecule has 0 saturated heterocycles. The molecule has 8 atom stereocenters. The molecule has 5 heteroatoms. The van der Waals surface area contributed by atoms with Crippen LogP contribution in [-0.2, 0) is 13.6 Å². The van der Waals surface area contributed by atoms with Gasteiger partial charge in [-0.2, -0.15) is 0 Å². The van der Waals surface area contributed by atoms with Crippen molar-refractivity contribution in [3.05, 3.63) is 0 Å². The molecule has 30 heavy (non-hydrogen) atoms. The average molecular weight is 451 g/mol. The van der Waals surface area contributed by atoms with E-state index in [0.717, 1.165) is 25.2 Å². The van der Waals surface area contributed by atoms with Gasteiger partial charge in [-0.1, -0.05) is 13.8 Å². The maximum absolute atomic E-state index is 13.0. The number of carbonyl (C=O) groups excluding carboxylic acids is 1. The summed E-state index contributed by atoms with van der Waals surface area (Å²) in [6.45, 7) is 18.9. The van der Waals surface area contributed by atoms with Crippen LogP contribution in [0.4, 0.5) is 0 Å². The van der Waals surface area contributed by atoms with Gasteiger partial charge < -0.3 is 8.85 Å². The third kappa shape index (κ3) is 4.06. The topological polar surface area (TPSA) is 35.5 Å². The van der Waals surface area contributed by atoms with Gasteiger partial charge in [0.05, 0.1) is 0 Å². The van der Waals surface area contributed by atoms with Gasteiger partial charge in [0.2, 0.25) is 0 Å². The van der Waals surface area contributed by atoms with Crippen molar-refractivity contribution in [2.45, 2.75) is 117 Å². The smallest absolute Gasteiger partial charge is 0.184 e. The van der Waals surface area contributed by atoms with E-state index in [2.05, 4.69) is 53.1 Å². The van der Waals surface area contributed by atoms with Gasteiger partial charge in [-0.05, 0) is 113 Å². The van der Waals surface area contributed by atoms with Gasteiger partial charge >= 0.3 is 0 Å².